The number of fused-ring (bicyclic) bond motifs is 5. The standard InChI is InChI=1S/C26H25N5O4/c32-22-18-15-26(23(33)28-25(35)31(24(26)34)16-17-9-3-1-4-10-17)19-11-5-2-7-13-29(19)21(18)27-20-12-6-8-14-30(20)22/h1,3-4,6,8-10,12,14,19H,2,5,7,11,13,15-16H2,(H,28,33,35)/t19-,26+/m1/s1. The number of aromatic nitrogens is 2. The van der Waals surface area contributed by atoms with Crippen molar-refractivity contribution in [3.8, 4) is 0 Å². The SMILES string of the molecule is O=C1NC(=O)[C@@]2(Cc3c(nc4ccccn4c3=O)N3CCCCC[C@@H]32)C(=O)N1Cc1ccccc1. The summed E-state index contributed by atoms with van der Waals surface area (Å²) >= 11 is 0. The lowest BCUT2D eigenvalue weighted by molar-refractivity contribution is -0.154. The molecule has 35 heavy (non-hydrogen) atoms. The van der Waals surface area contributed by atoms with Gasteiger partial charge in [-0.05, 0) is 30.5 Å². The Labute approximate surface area is 201 Å². The summed E-state index contributed by atoms with van der Waals surface area (Å²) in [6.45, 7) is 0.636. The molecular formula is C26H25N5O4. The summed E-state index contributed by atoms with van der Waals surface area (Å²) in [6, 6.07) is 13.3. The average Bonchev–Trinajstić information content (AvgIpc) is 3.13. The van der Waals surface area contributed by atoms with Gasteiger partial charge in [0, 0.05) is 19.2 Å². The second-order valence-electron chi connectivity index (χ2n) is 9.49. The lowest BCUT2D eigenvalue weighted by atomic mass is 9.68. The number of urea groups is 1. The van der Waals surface area contributed by atoms with Gasteiger partial charge in [0.05, 0.1) is 18.2 Å². The smallest absolute Gasteiger partial charge is 0.331 e. The third-order valence-corrected chi connectivity index (χ3v) is 7.54. The minimum Gasteiger partial charge on any atom is -0.352 e. The van der Waals surface area contributed by atoms with Crippen LogP contribution in [0.3, 0.4) is 0 Å². The first-order valence-corrected chi connectivity index (χ1v) is 12.0. The Hall–Kier alpha value is -4.01. The third-order valence-electron chi connectivity index (χ3n) is 7.54. The van der Waals surface area contributed by atoms with E-state index in [2.05, 4.69) is 5.32 Å². The zero-order valence-corrected chi connectivity index (χ0v) is 19.1. The number of anilines is 1. The Morgan fingerprint density at radius 1 is 0.971 bits per heavy atom. The van der Waals surface area contributed by atoms with Crippen LogP contribution in [-0.2, 0) is 22.6 Å². The average molecular weight is 472 g/mol. The van der Waals surface area contributed by atoms with Gasteiger partial charge in [0.2, 0.25) is 11.8 Å². The molecule has 5 heterocycles. The van der Waals surface area contributed by atoms with Crippen molar-refractivity contribution >= 4 is 29.3 Å². The number of nitrogens with one attached hydrogen (secondary N) is 1. The first-order valence-electron chi connectivity index (χ1n) is 12.0. The Kier molecular flexibility index (Phi) is 4.94. The molecular weight excluding hydrogens is 446 g/mol. The number of imide groups is 2. The van der Waals surface area contributed by atoms with Crippen LogP contribution in [0.15, 0.2) is 59.5 Å². The number of hydrogen-bond donors (Lipinski definition) is 1. The van der Waals surface area contributed by atoms with Crippen molar-refractivity contribution in [2.45, 2.75) is 44.7 Å². The normalized spacial score (nSPS) is 24.2. The zero-order valence-electron chi connectivity index (χ0n) is 19.1. The topological polar surface area (TPSA) is 104 Å². The predicted octanol–water partition coefficient (Wildman–Crippen LogP) is 2.26. The monoisotopic (exact) mass is 471 g/mol. The van der Waals surface area contributed by atoms with Crippen LogP contribution in [-0.4, -0.2) is 44.7 Å². The van der Waals surface area contributed by atoms with Gasteiger partial charge in [-0.1, -0.05) is 49.2 Å². The second kappa shape index (κ2) is 8.04. The molecule has 0 unspecified atom stereocenters. The second-order valence-corrected chi connectivity index (χ2v) is 9.49. The van der Waals surface area contributed by atoms with Crippen LogP contribution >= 0.6 is 0 Å². The highest BCUT2D eigenvalue weighted by molar-refractivity contribution is 6.20. The summed E-state index contributed by atoms with van der Waals surface area (Å²) < 4.78 is 1.45. The summed E-state index contributed by atoms with van der Waals surface area (Å²) in [5.74, 6) is -0.627. The maximum Gasteiger partial charge on any atom is 0.331 e. The van der Waals surface area contributed by atoms with Gasteiger partial charge in [0.15, 0.2) is 5.41 Å². The summed E-state index contributed by atoms with van der Waals surface area (Å²) in [4.78, 5) is 62.1. The molecule has 4 amide bonds. The highest BCUT2D eigenvalue weighted by Crippen LogP contribution is 2.45. The molecule has 0 aliphatic carbocycles. The Bertz CT molecular complexity index is 1420. The molecule has 1 N–H and O–H groups in total. The Morgan fingerprint density at radius 2 is 1.77 bits per heavy atom. The van der Waals surface area contributed by atoms with Gasteiger partial charge in [-0.3, -0.25) is 29.0 Å². The highest BCUT2D eigenvalue weighted by Gasteiger charge is 2.62. The third kappa shape index (κ3) is 3.18. The van der Waals surface area contributed by atoms with Crippen LogP contribution in [0.25, 0.3) is 5.65 Å². The van der Waals surface area contributed by atoms with E-state index in [1.54, 1.807) is 18.3 Å². The first-order chi connectivity index (χ1) is 17.0. The number of carbonyl (C=O) groups is 3. The van der Waals surface area contributed by atoms with Crippen molar-refractivity contribution in [3.63, 3.8) is 0 Å². The fourth-order valence-electron chi connectivity index (χ4n) is 5.84. The van der Waals surface area contributed by atoms with Crippen LogP contribution in [0.5, 0.6) is 0 Å². The maximum absolute atomic E-state index is 14.2. The lowest BCUT2D eigenvalue weighted by Crippen LogP contribution is -2.72. The molecule has 2 saturated heterocycles. The van der Waals surface area contributed by atoms with Crippen LogP contribution in [0.2, 0.25) is 0 Å². The van der Waals surface area contributed by atoms with Gasteiger partial charge in [-0.15, -0.1) is 0 Å². The van der Waals surface area contributed by atoms with Crippen molar-refractivity contribution < 1.29 is 14.4 Å². The minimum absolute atomic E-state index is 0.0507. The molecule has 3 aliphatic rings. The zero-order chi connectivity index (χ0) is 24.2. The highest BCUT2D eigenvalue weighted by atomic mass is 16.2. The van der Waals surface area contributed by atoms with Gasteiger partial charge >= 0.3 is 6.03 Å². The Balaban J connectivity index is 1.53. The van der Waals surface area contributed by atoms with E-state index in [9.17, 15) is 19.2 Å². The number of carbonyl (C=O) groups excluding carboxylic acids is 3. The molecule has 0 saturated carbocycles. The molecule has 2 atom stereocenters. The summed E-state index contributed by atoms with van der Waals surface area (Å²) in [5, 5.41) is 2.45. The molecule has 1 aromatic carbocycles. The minimum atomic E-state index is -1.58. The number of benzene rings is 1. The maximum atomic E-state index is 14.2. The van der Waals surface area contributed by atoms with Crippen molar-refractivity contribution in [1.29, 1.82) is 0 Å². The molecule has 2 aromatic heterocycles. The molecule has 178 valence electrons. The number of barbiturate groups is 1. The molecule has 9 nitrogen and oxygen atoms in total. The van der Waals surface area contributed by atoms with E-state index in [0.717, 1.165) is 29.7 Å². The largest absolute Gasteiger partial charge is 0.352 e. The van der Waals surface area contributed by atoms with E-state index >= 15 is 0 Å². The molecule has 9 heteroatoms. The molecule has 2 fully saturated rings. The number of pyridine rings is 1. The number of rotatable bonds is 2. The summed E-state index contributed by atoms with van der Waals surface area (Å²) in [5.41, 5.74) is -0.231. The van der Waals surface area contributed by atoms with Crippen LogP contribution in [0.1, 0.15) is 36.8 Å². The fourth-order valence-corrected chi connectivity index (χ4v) is 5.84. The van der Waals surface area contributed by atoms with Gasteiger partial charge < -0.3 is 4.90 Å². The van der Waals surface area contributed by atoms with Crippen LogP contribution in [0, 0.1) is 5.41 Å². The van der Waals surface area contributed by atoms with E-state index in [0.29, 0.717) is 30.0 Å². The molecule has 1 spiro atoms. The van der Waals surface area contributed by atoms with E-state index in [1.165, 1.54) is 4.40 Å². The summed E-state index contributed by atoms with van der Waals surface area (Å²) in [7, 11) is 0. The van der Waals surface area contributed by atoms with E-state index in [4.69, 9.17) is 4.98 Å². The fraction of sp³-hybridized carbons (Fsp3) is 0.346. The number of amides is 4. The summed E-state index contributed by atoms with van der Waals surface area (Å²) in [6.07, 6.45) is 4.81. The van der Waals surface area contributed by atoms with E-state index in [1.807, 2.05) is 41.3 Å². The quantitative estimate of drug-likeness (QED) is 0.575. The van der Waals surface area contributed by atoms with Crippen molar-refractivity contribution in [2.24, 2.45) is 5.41 Å². The van der Waals surface area contributed by atoms with Gasteiger partial charge in [-0.25, -0.2) is 9.78 Å². The van der Waals surface area contributed by atoms with Crippen molar-refractivity contribution in [1.82, 2.24) is 19.6 Å². The number of hydrogen-bond acceptors (Lipinski definition) is 6. The molecule has 3 aromatic rings. The Morgan fingerprint density at radius 3 is 2.60 bits per heavy atom. The van der Waals surface area contributed by atoms with Crippen molar-refractivity contribution in [2.75, 3.05) is 11.4 Å². The van der Waals surface area contributed by atoms with E-state index < -0.39 is 29.3 Å². The van der Waals surface area contributed by atoms with E-state index in [-0.39, 0.29) is 18.5 Å². The van der Waals surface area contributed by atoms with Crippen LogP contribution < -0.4 is 15.8 Å². The predicted molar refractivity (Wildman–Crippen MR) is 128 cm³/mol. The van der Waals surface area contributed by atoms with Crippen LogP contribution in [0.4, 0.5) is 10.6 Å². The van der Waals surface area contributed by atoms with Gasteiger partial charge in [0.1, 0.15) is 11.5 Å². The molecule has 0 bridgehead atoms. The van der Waals surface area contributed by atoms with Gasteiger partial charge in [-0.2, -0.15) is 0 Å². The van der Waals surface area contributed by atoms with Gasteiger partial charge in [0.25, 0.3) is 5.56 Å². The lowest BCUT2D eigenvalue weighted by Gasteiger charge is -2.50. The molecule has 0 radical (unpaired) electrons. The molecule has 6 rings (SSSR count). The van der Waals surface area contributed by atoms with Crippen molar-refractivity contribution in [3.05, 3.63) is 76.2 Å². The number of nitrogens with zero attached hydrogens (tertiary/aromatic N) is 4. The molecule has 3 aliphatic heterocycles. The first kappa shape index (κ1) is 21.5.